The van der Waals surface area contributed by atoms with Gasteiger partial charge in [0.15, 0.2) is 0 Å². The first-order valence-electron chi connectivity index (χ1n) is 10.7. The van der Waals surface area contributed by atoms with Crippen molar-refractivity contribution in [2.45, 2.75) is 38.8 Å². The number of ether oxygens (including phenoxy) is 1. The fourth-order valence-corrected chi connectivity index (χ4v) is 4.99. The number of anilines is 1. The van der Waals surface area contributed by atoms with Crippen LogP contribution in [0, 0.1) is 11.3 Å². The van der Waals surface area contributed by atoms with Crippen LogP contribution < -0.4 is 5.32 Å². The van der Waals surface area contributed by atoms with Crippen molar-refractivity contribution in [1.29, 1.82) is 5.26 Å². The van der Waals surface area contributed by atoms with Crippen LogP contribution in [0.1, 0.15) is 40.8 Å². The summed E-state index contributed by atoms with van der Waals surface area (Å²) in [5, 5.41) is 13.2. The second-order valence-corrected chi connectivity index (χ2v) is 8.95. The van der Waals surface area contributed by atoms with Gasteiger partial charge in [-0.05, 0) is 29.5 Å². The zero-order chi connectivity index (χ0) is 23.2. The topological polar surface area (TPSA) is 113 Å². The van der Waals surface area contributed by atoms with Crippen molar-refractivity contribution in [2.24, 2.45) is 0 Å². The predicted octanol–water partition coefficient (Wildman–Crippen LogP) is 3.54. The maximum Gasteiger partial charge on any atom is 0.410 e. The van der Waals surface area contributed by atoms with Crippen LogP contribution in [0.3, 0.4) is 0 Å². The molecule has 1 N–H and O–H groups in total. The van der Waals surface area contributed by atoms with Gasteiger partial charge in [0.25, 0.3) is 0 Å². The Labute approximate surface area is 195 Å². The summed E-state index contributed by atoms with van der Waals surface area (Å²) in [5.41, 5.74) is 2.38. The number of carbonyl (C=O) groups excluding carboxylic acids is 2. The summed E-state index contributed by atoms with van der Waals surface area (Å²) in [6.45, 7) is 3.59. The predicted molar refractivity (Wildman–Crippen MR) is 123 cm³/mol. The molecule has 3 aromatic heterocycles. The van der Waals surface area contributed by atoms with E-state index in [-0.39, 0.29) is 30.9 Å². The number of pyridine rings is 1. The molecule has 3 aromatic rings. The summed E-state index contributed by atoms with van der Waals surface area (Å²) >= 11 is 1.35. The molecule has 1 aliphatic rings. The Kier molecular flexibility index (Phi) is 7.00. The lowest BCUT2D eigenvalue weighted by Crippen LogP contribution is -2.36. The molecule has 1 unspecified atom stereocenters. The van der Waals surface area contributed by atoms with E-state index in [2.05, 4.69) is 21.4 Å². The van der Waals surface area contributed by atoms with E-state index in [1.54, 1.807) is 29.8 Å². The highest BCUT2D eigenvalue weighted by molar-refractivity contribution is 7.16. The van der Waals surface area contributed by atoms with Crippen molar-refractivity contribution >= 4 is 28.3 Å². The molecule has 0 radical (unpaired) electrons. The largest absolute Gasteiger partial charge is 0.448 e. The molecule has 2 amide bonds. The first-order valence-corrected chi connectivity index (χ1v) is 11.5. The molecule has 4 rings (SSSR count). The van der Waals surface area contributed by atoms with E-state index in [0.29, 0.717) is 36.6 Å². The van der Waals surface area contributed by atoms with Crippen LogP contribution in [-0.4, -0.2) is 44.6 Å². The Bertz CT molecular complexity index is 1150. The van der Waals surface area contributed by atoms with Crippen molar-refractivity contribution in [1.82, 2.24) is 19.4 Å². The van der Waals surface area contributed by atoms with Crippen LogP contribution in [0.25, 0.3) is 0 Å². The van der Waals surface area contributed by atoms with E-state index in [1.807, 2.05) is 29.8 Å². The summed E-state index contributed by atoms with van der Waals surface area (Å²) in [6.07, 6.45) is 9.06. The maximum absolute atomic E-state index is 12.6. The monoisotopic (exact) mass is 464 g/mol. The number of rotatable bonds is 7. The molecular weight excluding hydrogens is 440 g/mol. The summed E-state index contributed by atoms with van der Waals surface area (Å²) in [5.74, 6) is -0.149. The van der Waals surface area contributed by atoms with Crippen LogP contribution in [0.2, 0.25) is 0 Å². The Morgan fingerprint density at radius 1 is 1.36 bits per heavy atom. The van der Waals surface area contributed by atoms with Gasteiger partial charge < -0.3 is 19.5 Å². The molecule has 0 aromatic carbocycles. The van der Waals surface area contributed by atoms with Gasteiger partial charge in [-0.3, -0.25) is 9.78 Å². The quantitative estimate of drug-likeness (QED) is 0.572. The number of amides is 2. The molecule has 0 fully saturated rings. The third-order valence-corrected chi connectivity index (χ3v) is 6.69. The Morgan fingerprint density at radius 2 is 2.24 bits per heavy atom. The van der Waals surface area contributed by atoms with Gasteiger partial charge >= 0.3 is 6.09 Å². The Hall–Kier alpha value is -3.71. The first-order chi connectivity index (χ1) is 16.0. The van der Waals surface area contributed by atoms with Crippen LogP contribution in [0.5, 0.6) is 0 Å². The molecule has 1 aliphatic heterocycles. The highest BCUT2D eigenvalue weighted by atomic mass is 32.1. The third kappa shape index (κ3) is 5.38. The summed E-state index contributed by atoms with van der Waals surface area (Å²) in [6, 6.07) is 6.02. The molecule has 170 valence electrons. The van der Waals surface area contributed by atoms with Crippen molar-refractivity contribution in [3.63, 3.8) is 0 Å². The van der Waals surface area contributed by atoms with Gasteiger partial charge in [0.2, 0.25) is 5.91 Å². The van der Waals surface area contributed by atoms with Gasteiger partial charge in [-0.2, -0.15) is 5.26 Å². The number of imidazole rings is 1. The normalized spacial score (nSPS) is 13.6. The van der Waals surface area contributed by atoms with E-state index in [0.717, 1.165) is 16.0 Å². The number of hydrogen-bond acceptors (Lipinski definition) is 7. The Morgan fingerprint density at radius 3 is 2.97 bits per heavy atom. The zero-order valence-electron chi connectivity index (χ0n) is 18.2. The van der Waals surface area contributed by atoms with E-state index in [1.165, 1.54) is 11.3 Å². The summed E-state index contributed by atoms with van der Waals surface area (Å²) < 4.78 is 7.22. The molecule has 0 saturated heterocycles. The highest BCUT2D eigenvalue weighted by Crippen LogP contribution is 2.37. The maximum atomic E-state index is 12.6. The van der Waals surface area contributed by atoms with Crippen molar-refractivity contribution in [3.8, 4) is 6.07 Å². The number of aromatic nitrogens is 3. The Balaban J connectivity index is 1.36. The number of nitrogens with one attached hydrogen (secondary N) is 1. The number of hydrogen-bond donors (Lipinski definition) is 1. The van der Waals surface area contributed by atoms with E-state index >= 15 is 0 Å². The van der Waals surface area contributed by atoms with Crippen LogP contribution in [0.15, 0.2) is 43.2 Å². The zero-order valence-corrected chi connectivity index (χ0v) is 19.0. The van der Waals surface area contributed by atoms with Crippen LogP contribution in [0.4, 0.5) is 9.80 Å². The molecule has 4 heterocycles. The lowest BCUT2D eigenvalue weighted by molar-refractivity contribution is -0.116. The fourth-order valence-electron chi connectivity index (χ4n) is 3.76. The molecule has 10 heteroatoms. The molecule has 33 heavy (non-hydrogen) atoms. The SMILES string of the molecule is CC(CC(=O)Nc1sc2c(c1C#N)CCN(C(=O)OCCn1ccnc1)C2)c1cccnc1. The van der Waals surface area contributed by atoms with E-state index < -0.39 is 0 Å². The second-order valence-electron chi connectivity index (χ2n) is 7.85. The number of nitriles is 1. The fraction of sp³-hybridized carbons (Fsp3) is 0.348. The van der Waals surface area contributed by atoms with Gasteiger partial charge in [0.05, 0.1) is 25.0 Å². The minimum absolute atomic E-state index is 0.00593. The molecule has 1 atom stereocenters. The molecule has 0 aliphatic carbocycles. The summed E-state index contributed by atoms with van der Waals surface area (Å²) in [4.78, 5) is 35.7. The first kappa shape index (κ1) is 22.5. The summed E-state index contributed by atoms with van der Waals surface area (Å²) in [7, 11) is 0. The minimum Gasteiger partial charge on any atom is -0.448 e. The second kappa shape index (κ2) is 10.3. The smallest absolute Gasteiger partial charge is 0.410 e. The van der Waals surface area contributed by atoms with Crippen molar-refractivity contribution < 1.29 is 14.3 Å². The third-order valence-electron chi connectivity index (χ3n) is 5.56. The van der Waals surface area contributed by atoms with Crippen molar-refractivity contribution in [3.05, 3.63) is 64.8 Å². The average molecular weight is 465 g/mol. The standard InChI is InChI=1S/C23H24N6O3S/c1-16(17-3-2-5-25-13-17)11-21(30)27-22-19(12-24)18-4-7-29(14-20(18)33-22)23(31)32-10-9-28-8-6-26-15-28/h2-3,5-6,8,13,15-16H,4,7,9-11,14H2,1H3,(H,27,30). The number of carbonyl (C=O) groups is 2. The van der Waals surface area contributed by atoms with Gasteiger partial charge in [-0.25, -0.2) is 9.78 Å². The molecule has 0 bridgehead atoms. The molecule has 9 nitrogen and oxygen atoms in total. The number of nitrogens with zero attached hydrogens (tertiary/aromatic N) is 5. The lowest BCUT2D eigenvalue weighted by atomic mass is 9.99. The highest BCUT2D eigenvalue weighted by Gasteiger charge is 2.28. The molecular formula is C23H24N6O3S. The van der Waals surface area contributed by atoms with Gasteiger partial charge in [-0.15, -0.1) is 11.3 Å². The van der Waals surface area contributed by atoms with Gasteiger partial charge in [0, 0.05) is 42.6 Å². The van der Waals surface area contributed by atoms with Crippen LogP contribution >= 0.6 is 11.3 Å². The van der Waals surface area contributed by atoms with E-state index in [4.69, 9.17) is 4.74 Å². The van der Waals surface area contributed by atoms with Crippen molar-refractivity contribution in [2.75, 3.05) is 18.5 Å². The van der Waals surface area contributed by atoms with Gasteiger partial charge in [-0.1, -0.05) is 13.0 Å². The van der Waals surface area contributed by atoms with Crippen LogP contribution in [-0.2, 0) is 29.0 Å². The van der Waals surface area contributed by atoms with E-state index in [9.17, 15) is 14.9 Å². The molecule has 0 saturated carbocycles. The average Bonchev–Trinajstić information content (AvgIpc) is 3.46. The minimum atomic E-state index is -0.386. The van der Waals surface area contributed by atoms with Gasteiger partial charge in [0.1, 0.15) is 17.7 Å². The number of fused-ring (bicyclic) bond motifs is 1. The lowest BCUT2D eigenvalue weighted by Gasteiger charge is -2.26. The number of thiophene rings is 1. The molecule has 0 spiro atoms.